The van der Waals surface area contributed by atoms with E-state index in [-0.39, 0.29) is 5.02 Å². The first-order valence-electron chi connectivity index (χ1n) is 4.27. The van der Waals surface area contributed by atoms with E-state index in [1.807, 2.05) is 0 Å². The number of nitrogens with one attached hydrogen (secondary N) is 1. The minimum atomic E-state index is -6.03. The molecule has 1 amide bonds. The first-order valence-corrected chi connectivity index (χ1v) is 4.64. The second-order valence-corrected chi connectivity index (χ2v) is 3.56. The van der Waals surface area contributed by atoms with Crippen LogP contribution in [0.3, 0.4) is 0 Å². The lowest BCUT2D eigenvalue weighted by atomic mass is 10.2. The lowest BCUT2D eigenvalue weighted by Crippen LogP contribution is -2.47. The number of halogens is 7. The molecule has 2 nitrogen and oxygen atoms in total. The van der Waals surface area contributed by atoms with Gasteiger partial charge in [0.15, 0.2) is 0 Å². The maximum Gasteiger partial charge on any atom is 0.463 e. The van der Waals surface area contributed by atoms with Crippen molar-refractivity contribution in [3.05, 3.63) is 29.0 Å². The zero-order valence-electron chi connectivity index (χ0n) is 8.29. The molecular formula is C9H4ClF6NO. The standard InChI is InChI=1S/C9H4ClF6NO/c10-5-2-1-4(3-6(5)11)17-7(18)8(12,13)9(14,15)16/h1-3H,(H,17,18). The Morgan fingerprint density at radius 1 is 1.17 bits per heavy atom. The Morgan fingerprint density at radius 3 is 2.17 bits per heavy atom. The molecule has 0 spiro atoms. The number of hydrogen-bond donors (Lipinski definition) is 1. The zero-order valence-corrected chi connectivity index (χ0v) is 9.04. The van der Waals surface area contributed by atoms with Gasteiger partial charge in [-0.15, -0.1) is 0 Å². The maximum atomic E-state index is 12.9. The molecule has 0 aliphatic rings. The molecule has 0 fully saturated rings. The van der Waals surface area contributed by atoms with Crippen molar-refractivity contribution in [3.63, 3.8) is 0 Å². The summed E-state index contributed by atoms with van der Waals surface area (Å²) in [4.78, 5) is 10.7. The van der Waals surface area contributed by atoms with Crippen LogP contribution in [0.4, 0.5) is 32.0 Å². The van der Waals surface area contributed by atoms with Crippen molar-refractivity contribution in [1.29, 1.82) is 0 Å². The van der Waals surface area contributed by atoms with E-state index in [0.717, 1.165) is 12.1 Å². The van der Waals surface area contributed by atoms with Crippen LogP contribution in [0.15, 0.2) is 18.2 Å². The Bertz CT molecular complexity index is 473. The van der Waals surface area contributed by atoms with Gasteiger partial charge < -0.3 is 5.32 Å². The van der Waals surface area contributed by atoms with E-state index in [1.165, 1.54) is 5.32 Å². The predicted molar refractivity (Wildman–Crippen MR) is 51.0 cm³/mol. The minimum Gasteiger partial charge on any atom is -0.320 e. The number of anilines is 1. The van der Waals surface area contributed by atoms with Crippen LogP contribution in [0, 0.1) is 5.82 Å². The van der Waals surface area contributed by atoms with Crippen LogP contribution in [-0.2, 0) is 4.79 Å². The van der Waals surface area contributed by atoms with Gasteiger partial charge in [-0.2, -0.15) is 22.0 Å². The summed E-state index contributed by atoms with van der Waals surface area (Å²) in [6.07, 6.45) is -6.03. The molecule has 0 radical (unpaired) electrons. The van der Waals surface area contributed by atoms with E-state index >= 15 is 0 Å². The molecule has 1 N–H and O–H groups in total. The molecule has 0 aliphatic carbocycles. The van der Waals surface area contributed by atoms with Gasteiger partial charge in [0.25, 0.3) is 0 Å². The third-order valence-corrected chi connectivity index (χ3v) is 2.13. The molecule has 0 atom stereocenters. The molecule has 1 aromatic rings. The summed E-state index contributed by atoms with van der Waals surface area (Å²) in [6, 6.07) is 2.31. The largest absolute Gasteiger partial charge is 0.463 e. The number of alkyl halides is 5. The second kappa shape index (κ2) is 4.68. The van der Waals surface area contributed by atoms with Crippen LogP contribution in [0.1, 0.15) is 0 Å². The van der Waals surface area contributed by atoms with E-state index in [1.54, 1.807) is 0 Å². The normalized spacial score (nSPS) is 12.4. The highest BCUT2D eigenvalue weighted by molar-refractivity contribution is 6.30. The fourth-order valence-corrected chi connectivity index (χ4v) is 1.03. The quantitative estimate of drug-likeness (QED) is 0.829. The first-order chi connectivity index (χ1) is 8.05. The van der Waals surface area contributed by atoms with Crippen molar-refractivity contribution in [2.75, 3.05) is 5.32 Å². The number of carbonyl (C=O) groups is 1. The fraction of sp³-hybridized carbons (Fsp3) is 0.222. The van der Waals surface area contributed by atoms with Crippen molar-refractivity contribution in [2.45, 2.75) is 12.1 Å². The number of carbonyl (C=O) groups excluding carboxylic acids is 1. The summed E-state index contributed by atoms with van der Waals surface area (Å²) in [5.41, 5.74) is -0.564. The highest BCUT2D eigenvalue weighted by atomic mass is 35.5. The van der Waals surface area contributed by atoms with E-state index in [0.29, 0.717) is 6.07 Å². The highest BCUT2D eigenvalue weighted by Crippen LogP contribution is 2.36. The van der Waals surface area contributed by atoms with Crippen LogP contribution in [-0.4, -0.2) is 18.0 Å². The third kappa shape index (κ3) is 2.87. The summed E-state index contributed by atoms with van der Waals surface area (Å²) in [7, 11) is 0. The van der Waals surface area contributed by atoms with Crippen LogP contribution in [0.5, 0.6) is 0 Å². The van der Waals surface area contributed by atoms with Crippen molar-refractivity contribution in [3.8, 4) is 0 Å². The summed E-state index contributed by atoms with van der Waals surface area (Å²) in [6.45, 7) is 0. The predicted octanol–water partition coefficient (Wildman–Crippen LogP) is 3.62. The molecule has 18 heavy (non-hydrogen) atoms. The molecule has 0 saturated carbocycles. The van der Waals surface area contributed by atoms with Crippen molar-refractivity contribution >= 4 is 23.2 Å². The number of hydrogen-bond acceptors (Lipinski definition) is 1. The van der Waals surface area contributed by atoms with Crippen LogP contribution < -0.4 is 5.32 Å². The lowest BCUT2D eigenvalue weighted by Gasteiger charge is -2.18. The number of benzene rings is 1. The summed E-state index contributed by atoms with van der Waals surface area (Å²) in [5, 5.41) is 0.884. The molecule has 1 aromatic carbocycles. The maximum absolute atomic E-state index is 12.9. The SMILES string of the molecule is O=C(Nc1ccc(Cl)c(F)c1)C(F)(F)C(F)(F)F. The third-order valence-electron chi connectivity index (χ3n) is 1.82. The molecule has 0 heterocycles. The van der Waals surface area contributed by atoms with Gasteiger partial charge in [0, 0.05) is 5.69 Å². The van der Waals surface area contributed by atoms with Crippen LogP contribution in [0.2, 0.25) is 5.02 Å². The van der Waals surface area contributed by atoms with Crippen molar-refractivity contribution in [1.82, 2.24) is 0 Å². The molecule has 0 bridgehead atoms. The molecule has 100 valence electrons. The monoisotopic (exact) mass is 291 g/mol. The summed E-state index contributed by atoms with van der Waals surface area (Å²) in [5.74, 6) is -9.23. The Balaban J connectivity index is 2.91. The van der Waals surface area contributed by atoms with Crippen LogP contribution >= 0.6 is 11.6 Å². The van der Waals surface area contributed by atoms with Gasteiger partial charge in [-0.05, 0) is 18.2 Å². The molecule has 1 rings (SSSR count). The summed E-state index contributed by atoms with van der Waals surface area (Å²) >= 11 is 5.26. The molecule has 0 saturated heterocycles. The van der Waals surface area contributed by atoms with E-state index in [4.69, 9.17) is 11.6 Å². The Morgan fingerprint density at radius 2 is 1.72 bits per heavy atom. The van der Waals surface area contributed by atoms with Crippen molar-refractivity contribution in [2.24, 2.45) is 0 Å². The molecule has 0 aromatic heterocycles. The minimum absolute atomic E-state index is 0.365. The highest BCUT2D eigenvalue weighted by Gasteiger charge is 2.63. The summed E-state index contributed by atoms with van der Waals surface area (Å²) < 4.78 is 73.4. The van der Waals surface area contributed by atoms with Gasteiger partial charge in [0.2, 0.25) is 0 Å². The van der Waals surface area contributed by atoms with E-state index in [9.17, 15) is 31.1 Å². The molecular weight excluding hydrogens is 288 g/mol. The number of rotatable bonds is 2. The van der Waals surface area contributed by atoms with E-state index < -0.39 is 29.5 Å². The number of amides is 1. The average Bonchev–Trinajstić information content (AvgIpc) is 2.21. The zero-order chi connectivity index (χ0) is 14.1. The Kier molecular flexibility index (Phi) is 3.80. The van der Waals surface area contributed by atoms with Crippen molar-refractivity contribution < 1.29 is 31.1 Å². The van der Waals surface area contributed by atoms with Gasteiger partial charge in [0.1, 0.15) is 5.82 Å². The van der Waals surface area contributed by atoms with E-state index in [2.05, 4.69) is 0 Å². The average molecular weight is 292 g/mol. The topological polar surface area (TPSA) is 29.1 Å². The Labute approximate surface area is 102 Å². The van der Waals surface area contributed by atoms with Gasteiger partial charge in [-0.3, -0.25) is 4.79 Å². The Hall–Kier alpha value is -1.44. The lowest BCUT2D eigenvalue weighted by molar-refractivity contribution is -0.267. The molecule has 0 unspecified atom stereocenters. The molecule has 0 aliphatic heterocycles. The van der Waals surface area contributed by atoms with Gasteiger partial charge in [-0.25, -0.2) is 4.39 Å². The van der Waals surface area contributed by atoms with Crippen LogP contribution in [0.25, 0.3) is 0 Å². The smallest absolute Gasteiger partial charge is 0.320 e. The fourth-order valence-electron chi connectivity index (χ4n) is 0.912. The van der Waals surface area contributed by atoms with Gasteiger partial charge in [-0.1, -0.05) is 11.6 Å². The second-order valence-electron chi connectivity index (χ2n) is 3.16. The van der Waals surface area contributed by atoms with Gasteiger partial charge in [0.05, 0.1) is 5.02 Å². The molecule has 9 heteroatoms. The first kappa shape index (κ1) is 14.6. The van der Waals surface area contributed by atoms with Gasteiger partial charge >= 0.3 is 18.0 Å².